The van der Waals surface area contributed by atoms with Gasteiger partial charge in [0, 0.05) is 19.6 Å². The van der Waals surface area contributed by atoms with Crippen molar-refractivity contribution in [1.82, 2.24) is 10.2 Å². The summed E-state index contributed by atoms with van der Waals surface area (Å²) in [5.74, 6) is -0.358. The van der Waals surface area contributed by atoms with Crippen LogP contribution in [-0.2, 0) is 4.79 Å². The van der Waals surface area contributed by atoms with Crippen molar-refractivity contribution in [2.45, 2.75) is 24.9 Å². The Labute approximate surface area is 105 Å². The third-order valence-corrected chi connectivity index (χ3v) is 3.24. The van der Waals surface area contributed by atoms with Gasteiger partial charge >= 0.3 is 6.09 Å². The first-order valence-electron chi connectivity index (χ1n) is 5.50. The first kappa shape index (κ1) is 14.1. The van der Waals surface area contributed by atoms with Gasteiger partial charge in [-0.3, -0.25) is 4.79 Å². The fraction of sp³-hybridized carbons (Fsp3) is 0.800. The fourth-order valence-electron chi connectivity index (χ4n) is 1.85. The van der Waals surface area contributed by atoms with Gasteiger partial charge in [-0.2, -0.15) is 0 Å². The minimum Gasteiger partial charge on any atom is -0.465 e. The van der Waals surface area contributed by atoms with Crippen LogP contribution in [0.5, 0.6) is 0 Å². The maximum atomic E-state index is 10.9. The first-order chi connectivity index (χ1) is 7.97. The molecule has 1 heterocycles. The molecule has 1 fully saturated rings. The molecule has 6 nitrogen and oxygen atoms in total. The Hall–Kier alpha value is -1.01. The molecule has 2 amide bonds. The number of carbonyl (C=O) groups is 2. The van der Waals surface area contributed by atoms with E-state index in [1.54, 1.807) is 0 Å². The Kier molecular flexibility index (Phi) is 5.02. The smallest absolute Gasteiger partial charge is 0.407 e. The third kappa shape index (κ3) is 4.40. The van der Waals surface area contributed by atoms with Crippen molar-refractivity contribution in [3.05, 3.63) is 0 Å². The highest BCUT2D eigenvalue weighted by molar-refractivity contribution is 6.27. The van der Waals surface area contributed by atoms with Crippen LogP contribution < -0.4 is 5.32 Å². The molecular formula is C10H17ClN2O4. The molecule has 0 aromatic rings. The summed E-state index contributed by atoms with van der Waals surface area (Å²) >= 11 is 5.32. The molecule has 17 heavy (non-hydrogen) atoms. The Morgan fingerprint density at radius 1 is 1.35 bits per heavy atom. The molecule has 7 heteroatoms. The van der Waals surface area contributed by atoms with Gasteiger partial charge in [-0.15, -0.1) is 11.6 Å². The van der Waals surface area contributed by atoms with E-state index in [-0.39, 0.29) is 11.8 Å². The fourth-order valence-corrected chi connectivity index (χ4v) is 1.94. The quantitative estimate of drug-likeness (QED) is 0.635. The lowest BCUT2D eigenvalue weighted by Crippen LogP contribution is -2.47. The molecule has 1 aliphatic rings. The Morgan fingerprint density at radius 3 is 2.41 bits per heavy atom. The Balaban J connectivity index is 2.29. The summed E-state index contributed by atoms with van der Waals surface area (Å²) in [6.07, 6.45) is 0.261. The summed E-state index contributed by atoms with van der Waals surface area (Å²) in [4.78, 5) is 22.9. The van der Waals surface area contributed by atoms with Crippen molar-refractivity contribution in [3.8, 4) is 0 Å². The summed E-state index contributed by atoms with van der Waals surface area (Å²) in [6, 6.07) is 0. The van der Waals surface area contributed by atoms with Gasteiger partial charge in [-0.05, 0) is 19.3 Å². The highest BCUT2D eigenvalue weighted by Crippen LogP contribution is 2.25. The Bertz CT molecular complexity index is 290. The second-order valence-electron chi connectivity index (χ2n) is 4.23. The van der Waals surface area contributed by atoms with Crippen LogP contribution in [0.2, 0.25) is 0 Å². The lowest BCUT2D eigenvalue weighted by atomic mass is 9.88. The van der Waals surface area contributed by atoms with E-state index in [0.29, 0.717) is 38.9 Å². The van der Waals surface area contributed by atoms with Gasteiger partial charge in [0.15, 0.2) is 0 Å². The number of nitrogens with zero attached hydrogens (tertiary/aromatic N) is 1. The topological polar surface area (TPSA) is 89.9 Å². The molecule has 1 saturated heterocycles. The number of carbonyl (C=O) groups excluding carboxylic acids is 1. The van der Waals surface area contributed by atoms with Gasteiger partial charge < -0.3 is 20.4 Å². The lowest BCUT2D eigenvalue weighted by molar-refractivity contribution is -0.118. The predicted octanol–water partition coefficient (Wildman–Crippen LogP) is 0.236. The highest BCUT2D eigenvalue weighted by atomic mass is 35.5. The van der Waals surface area contributed by atoms with E-state index < -0.39 is 11.7 Å². The van der Waals surface area contributed by atoms with E-state index in [9.17, 15) is 14.7 Å². The van der Waals surface area contributed by atoms with Crippen LogP contribution >= 0.6 is 11.6 Å². The zero-order valence-corrected chi connectivity index (χ0v) is 10.2. The van der Waals surface area contributed by atoms with Crippen molar-refractivity contribution < 1.29 is 19.8 Å². The number of halogens is 1. The molecule has 0 radical (unpaired) electrons. The molecule has 1 aliphatic heterocycles. The summed E-state index contributed by atoms with van der Waals surface area (Å²) in [6.45, 7) is 1.01. The average molecular weight is 265 g/mol. The lowest BCUT2D eigenvalue weighted by Gasteiger charge is -2.37. The molecule has 98 valence electrons. The predicted molar refractivity (Wildman–Crippen MR) is 62.1 cm³/mol. The largest absolute Gasteiger partial charge is 0.465 e. The van der Waals surface area contributed by atoms with Crippen LogP contribution in [-0.4, -0.2) is 58.2 Å². The van der Waals surface area contributed by atoms with Crippen LogP contribution in [0.3, 0.4) is 0 Å². The summed E-state index contributed by atoms with van der Waals surface area (Å²) < 4.78 is 0. The zero-order valence-electron chi connectivity index (χ0n) is 9.49. The van der Waals surface area contributed by atoms with Gasteiger partial charge in [-0.1, -0.05) is 0 Å². The summed E-state index contributed by atoms with van der Waals surface area (Å²) in [7, 11) is 0. The van der Waals surface area contributed by atoms with E-state index in [1.807, 2.05) is 0 Å². The molecule has 0 bridgehead atoms. The number of likely N-dealkylation sites (tertiary alicyclic amines) is 1. The van der Waals surface area contributed by atoms with Crippen LogP contribution in [0.25, 0.3) is 0 Å². The molecule has 3 N–H and O–H groups in total. The van der Waals surface area contributed by atoms with Crippen molar-refractivity contribution >= 4 is 23.6 Å². The minimum absolute atomic E-state index is 0.0920. The Morgan fingerprint density at radius 2 is 1.94 bits per heavy atom. The van der Waals surface area contributed by atoms with E-state index >= 15 is 0 Å². The van der Waals surface area contributed by atoms with Crippen LogP contribution in [0.1, 0.15) is 19.3 Å². The monoisotopic (exact) mass is 264 g/mol. The van der Waals surface area contributed by atoms with E-state index in [0.717, 1.165) is 0 Å². The van der Waals surface area contributed by atoms with Gasteiger partial charge in [0.05, 0.1) is 5.60 Å². The maximum Gasteiger partial charge on any atom is 0.407 e. The summed E-state index contributed by atoms with van der Waals surface area (Å²) in [5, 5.41) is 21.5. The number of aliphatic hydroxyl groups is 1. The van der Waals surface area contributed by atoms with Crippen molar-refractivity contribution in [2.75, 3.05) is 25.5 Å². The highest BCUT2D eigenvalue weighted by Gasteiger charge is 2.33. The number of hydrogen-bond acceptors (Lipinski definition) is 3. The molecule has 0 aliphatic carbocycles. The molecule has 1 rings (SSSR count). The van der Waals surface area contributed by atoms with Gasteiger partial charge in [0.2, 0.25) is 5.91 Å². The van der Waals surface area contributed by atoms with Crippen LogP contribution in [0.15, 0.2) is 0 Å². The minimum atomic E-state index is -0.956. The maximum absolute atomic E-state index is 10.9. The van der Waals surface area contributed by atoms with Crippen molar-refractivity contribution in [3.63, 3.8) is 0 Å². The van der Waals surface area contributed by atoms with Crippen molar-refractivity contribution in [1.29, 1.82) is 0 Å². The molecule has 0 atom stereocenters. The SMILES string of the molecule is O=C(CCl)NCCC1(O)CCN(C(=O)O)CC1. The van der Waals surface area contributed by atoms with Gasteiger partial charge in [0.25, 0.3) is 0 Å². The van der Waals surface area contributed by atoms with Gasteiger partial charge in [-0.25, -0.2) is 4.79 Å². The summed E-state index contributed by atoms with van der Waals surface area (Å²) in [5.41, 5.74) is -0.883. The number of amides is 2. The van der Waals surface area contributed by atoms with Crippen LogP contribution in [0.4, 0.5) is 4.79 Å². The van der Waals surface area contributed by atoms with Crippen LogP contribution in [0, 0.1) is 0 Å². The van der Waals surface area contributed by atoms with Gasteiger partial charge in [0.1, 0.15) is 5.88 Å². The molecule has 0 aromatic carbocycles. The van der Waals surface area contributed by atoms with E-state index in [4.69, 9.17) is 16.7 Å². The molecule has 0 spiro atoms. The second-order valence-corrected chi connectivity index (χ2v) is 4.49. The molecular weight excluding hydrogens is 248 g/mol. The van der Waals surface area contributed by atoms with E-state index in [1.165, 1.54) is 4.90 Å². The molecule has 0 unspecified atom stereocenters. The standard InChI is InChI=1S/C10H17ClN2O4/c11-7-8(14)12-4-1-10(17)2-5-13(6-3-10)9(15)16/h17H,1-7H2,(H,12,14)(H,15,16). The van der Waals surface area contributed by atoms with Crippen molar-refractivity contribution in [2.24, 2.45) is 0 Å². The number of piperidine rings is 1. The molecule has 0 aromatic heterocycles. The number of alkyl halides is 1. The number of rotatable bonds is 4. The normalized spacial score (nSPS) is 18.8. The third-order valence-electron chi connectivity index (χ3n) is 3.00. The number of hydrogen-bond donors (Lipinski definition) is 3. The zero-order chi connectivity index (χ0) is 12.9. The number of nitrogens with one attached hydrogen (secondary N) is 1. The average Bonchev–Trinajstić information content (AvgIpc) is 2.29. The second kappa shape index (κ2) is 6.07. The first-order valence-corrected chi connectivity index (χ1v) is 6.03. The van der Waals surface area contributed by atoms with E-state index in [2.05, 4.69) is 5.32 Å². The number of carboxylic acid groups (broad SMARTS) is 1. The molecule has 0 saturated carbocycles.